The number of piperazine rings is 1. The van der Waals surface area contributed by atoms with Crippen molar-refractivity contribution >= 4 is 17.2 Å². The molecule has 3 aliphatic heterocycles. The Kier molecular flexibility index (Phi) is 5.93. The fourth-order valence-corrected chi connectivity index (χ4v) is 5.39. The number of ether oxygens (including phenoxy) is 2. The maximum Gasteiger partial charge on any atom is 0.264 e. The summed E-state index contributed by atoms with van der Waals surface area (Å²) in [6.07, 6.45) is 2.69. The highest BCUT2D eigenvalue weighted by Gasteiger charge is 2.24. The number of hydrogen-bond donors (Lipinski definition) is 0. The van der Waals surface area contributed by atoms with E-state index in [2.05, 4.69) is 9.80 Å². The van der Waals surface area contributed by atoms with E-state index < -0.39 is 0 Å². The summed E-state index contributed by atoms with van der Waals surface area (Å²) in [5, 5.41) is 0. The molecule has 0 spiro atoms. The first-order valence-corrected chi connectivity index (χ1v) is 11.8. The molecule has 3 aliphatic rings. The number of hydrogen-bond acceptors (Lipinski definition) is 6. The van der Waals surface area contributed by atoms with Crippen LogP contribution in [-0.2, 0) is 0 Å². The Balaban J connectivity index is 1.17. The first-order chi connectivity index (χ1) is 14.8. The fraction of sp³-hybridized carbons (Fsp3) is 0.522. The molecule has 0 radical (unpaired) electrons. The zero-order valence-electron chi connectivity index (χ0n) is 17.3. The van der Waals surface area contributed by atoms with Crippen LogP contribution in [0, 0.1) is 0 Å². The number of carbonyl (C=O) groups excluding carboxylic acids is 1. The summed E-state index contributed by atoms with van der Waals surface area (Å²) in [6, 6.07) is 9.99. The molecule has 0 bridgehead atoms. The van der Waals surface area contributed by atoms with Crippen LogP contribution in [0.25, 0.3) is 10.4 Å². The Morgan fingerprint density at radius 3 is 2.30 bits per heavy atom. The number of thiophene rings is 1. The van der Waals surface area contributed by atoms with Crippen molar-refractivity contribution in [3.05, 3.63) is 35.2 Å². The van der Waals surface area contributed by atoms with Gasteiger partial charge in [0.25, 0.3) is 5.91 Å². The lowest BCUT2D eigenvalue weighted by molar-refractivity contribution is 0.0631. The molecule has 2 fully saturated rings. The fourth-order valence-electron chi connectivity index (χ4n) is 4.42. The van der Waals surface area contributed by atoms with Crippen LogP contribution in [-0.4, -0.2) is 86.2 Å². The molecule has 0 N–H and O–H groups in total. The highest BCUT2D eigenvalue weighted by molar-refractivity contribution is 7.17. The van der Waals surface area contributed by atoms with Gasteiger partial charge in [0, 0.05) is 44.1 Å². The number of likely N-dealkylation sites (tertiary alicyclic amines) is 1. The van der Waals surface area contributed by atoms with Gasteiger partial charge >= 0.3 is 0 Å². The van der Waals surface area contributed by atoms with Gasteiger partial charge in [0.15, 0.2) is 11.5 Å². The minimum Gasteiger partial charge on any atom is -0.486 e. The van der Waals surface area contributed by atoms with Crippen molar-refractivity contribution in [2.75, 3.05) is 65.6 Å². The highest BCUT2D eigenvalue weighted by atomic mass is 32.1. The van der Waals surface area contributed by atoms with Gasteiger partial charge in [0.1, 0.15) is 13.2 Å². The van der Waals surface area contributed by atoms with Gasteiger partial charge in [-0.25, -0.2) is 0 Å². The van der Waals surface area contributed by atoms with E-state index in [9.17, 15) is 4.79 Å². The molecule has 0 atom stereocenters. The van der Waals surface area contributed by atoms with E-state index in [-0.39, 0.29) is 5.91 Å². The zero-order chi connectivity index (χ0) is 20.3. The standard InChI is InChI=1S/C23H29N3O3S/c27-23(26-13-11-25(12-14-26)10-9-24-7-1-2-8-24)22-6-5-21(30-22)18-3-4-19-20(17-18)29-16-15-28-19/h3-6,17H,1-2,7-16H2. The monoisotopic (exact) mass is 427 g/mol. The van der Waals surface area contributed by atoms with Gasteiger partial charge in [-0.3, -0.25) is 9.69 Å². The van der Waals surface area contributed by atoms with Crippen LogP contribution in [0.4, 0.5) is 0 Å². The lowest BCUT2D eigenvalue weighted by Crippen LogP contribution is -2.50. The van der Waals surface area contributed by atoms with Gasteiger partial charge < -0.3 is 19.3 Å². The smallest absolute Gasteiger partial charge is 0.264 e. The van der Waals surface area contributed by atoms with Crippen LogP contribution in [0.5, 0.6) is 11.5 Å². The van der Waals surface area contributed by atoms with Gasteiger partial charge in [-0.1, -0.05) is 0 Å². The average molecular weight is 428 g/mol. The summed E-state index contributed by atoms with van der Waals surface area (Å²) in [6.45, 7) is 9.54. The van der Waals surface area contributed by atoms with Gasteiger partial charge in [-0.05, 0) is 61.8 Å². The first-order valence-electron chi connectivity index (χ1n) is 11.0. The Morgan fingerprint density at radius 1 is 0.833 bits per heavy atom. The number of amides is 1. The SMILES string of the molecule is O=C(c1ccc(-c2ccc3c(c2)OCCO3)s1)N1CCN(CCN2CCCC2)CC1. The second-order valence-electron chi connectivity index (χ2n) is 8.20. The predicted molar refractivity (Wildman–Crippen MR) is 119 cm³/mol. The van der Waals surface area contributed by atoms with Crippen molar-refractivity contribution < 1.29 is 14.3 Å². The highest BCUT2D eigenvalue weighted by Crippen LogP contribution is 2.37. The van der Waals surface area contributed by atoms with E-state index in [0.29, 0.717) is 13.2 Å². The molecule has 7 heteroatoms. The molecule has 160 valence electrons. The minimum absolute atomic E-state index is 0.156. The van der Waals surface area contributed by atoms with Crippen molar-refractivity contribution in [1.29, 1.82) is 0 Å². The molecule has 5 rings (SSSR count). The summed E-state index contributed by atoms with van der Waals surface area (Å²) in [4.78, 5) is 22.0. The number of nitrogens with zero attached hydrogens (tertiary/aromatic N) is 3. The van der Waals surface area contributed by atoms with Gasteiger partial charge in [0.2, 0.25) is 0 Å². The molecular formula is C23H29N3O3S. The quantitative estimate of drug-likeness (QED) is 0.734. The van der Waals surface area contributed by atoms with E-state index in [0.717, 1.165) is 66.1 Å². The second-order valence-corrected chi connectivity index (χ2v) is 9.29. The topological polar surface area (TPSA) is 45.3 Å². The summed E-state index contributed by atoms with van der Waals surface area (Å²) in [5.74, 6) is 1.73. The first kappa shape index (κ1) is 19.8. The Hall–Kier alpha value is -2.09. The molecule has 1 aromatic heterocycles. The van der Waals surface area contributed by atoms with Crippen molar-refractivity contribution in [1.82, 2.24) is 14.7 Å². The third-order valence-corrected chi connectivity index (χ3v) is 7.36. The largest absolute Gasteiger partial charge is 0.486 e. The van der Waals surface area contributed by atoms with Gasteiger partial charge in [0.05, 0.1) is 4.88 Å². The summed E-state index contributed by atoms with van der Waals surface area (Å²) in [7, 11) is 0. The zero-order valence-corrected chi connectivity index (χ0v) is 18.2. The Bertz CT molecular complexity index is 886. The van der Waals surface area contributed by atoms with E-state index in [1.807, 2.05) is 35.2 Å². The van der Waals surface area contributed by atoms with E-state index in [4.69, 9.17) is 9.47 Å². The number of fused-ring (bicyclic) bond motifs is 1. The van der Waals surface area contributed by atoms with Crippen LogP contribution in [0.3, 0.4) is 0 Å². The number of carbonyl (C=O) groups is 1. The molecule has 6 nitrogen and oxygen atoms in total. The predicted octanol–water partition coefficient (Wildman–Crippen LogP) is 3.04. The molecular weight excluding hydrogens is 398 g/mol. The summed E-state index contributed by atoms with van der Waals surface area (Å²) >= 11 is 1.56. The van der Waals surface area contributed by atoms with Crippen LogP contribution in [0.15, 0.2) is 30.3 Å². The molecule has 1 aromatic carbocycles. The Morgan fingerprint density at radius 2 is 1.53 bits per heavy atom. The van der Waals surface area contributed by atoms with Crippen molar-refractivity contribution in [2.24, 2.45) is 0 Å². The van der Waals surface area contributed by atoms with Crippen LogP contribution < -0.4 is 9.47 Å². The Labute approximate surface area is 182 Å². The minimum atomic E-state index is 0.156. The maximum absolute atomic E-state index is 13.0. The average Bonchev–Trinajstić information content (AvgIpc) is 3.50. The molecule has 2 saturated heterocycles. The summed E-state index contributed by atoms with van der Waals surface area (Å²) in [5.41, 5.74) is 1.06. The molecule has 0 saturated carbocycles. The normalized spacial score (nSPS) is 19.9. The molecule has 1 amide bonds. The second kappa shape index (κ2) is 8.96. The third-order valence-electron chi connectivity index (χ3n) is 6.23. The summed E-state index contributed by atoms with van der Waals surface area (Å²) < 4.78 is 11.3. The van der Waals surface area contributed by atoms with E-state index in [1.54, 1.807) is 11.3 Å². The lowest BCUT2D eigenvalue weighted by atomic mass is 10.1. The molecule has 0 unspecified atom stereocenters. The van der Waals surface area contributed by atoms with Gasteiger partial charge in [-0.15, -0.1) is 11.3 Å². The van der Waals surface area contributed by atoms with Crippen LogP contribution >= 0.6 is 11.3 Å². The van der Waals surface area contributed by atoms with Crippen LogP contribution in [0.1, 0.15) is 22.5 Å². The molecule has 0 aliphatic carbocycles. The van der Waals surface area contributed by atoms with Crippen LogP contribution in [0.2, 0.25) is 0 Å². The molecule has 30 heavy (non-hydrogen) atoms. The van der Waals surface area contributed by atoms with Gasteiger partial charge in [-0.2, -0.15) is 0 Å². The van der Waals surface area contributed by atoms with Crippen molar-refractivity contribution in [3.8, 4) is 21.9 Å². The van der Waals surface area contributed by atoms with E-state index >= 15 is 0 Å². The van der Waals surface area contributed by atoms with Crippen molar-refractivity contribution in [3.63, 3.8) is 0 Å². The molecule has 2 aromatic rings. The lowest BCUT2D eigenvalue weighted by Gasteiger charge is -2.35. The number of rotatable bonds is 5. The molecule has 4 heterocycles. The van der Waals surface area contributed by atoms with Crippen molar-refractivity contribution in [2.45, 2.75) is 12.8 Å². The maximum atomic E-state index is 13.0. The third kappa shape index (κ3) is 4.33. The van der Waals surface area contributed by atoms with E-state index in [1.165, 1.54) is 25.9 Å². The number of benzene rings is 1.